The molecule has 0 heterocycles. The van der Waals surface area contributed by atoms with E-state index >= 15 is 0 Å². The summed E-state index contributed by atoms with van der Waals surface area (Å²) in [6, 6.07) is 2.30. The van der Waals surface area contributed by atoms with Crippen molar-refractivity contribution in [2.45, 2.75) is 45.2 Å². The molecule has 0 aliphatic heterocycles. The molecule has 0 aromatic rings. The quantitative estimate of drug-likeness (QED) is 0.728. The summed E-state index contributed by atoms with van der Waals surface area (Å²) in [5.41, 5.74) is -0.309. The van der Waals surface area contributed by atoms with E-state index in [1.54, 1.807) is 0 Å². The fourth-order valence-electron chi connectivity index (χ4n) is 1.13. The van der Waals surface area contributed by atoms with E-state index < -0.39 is 5.54 Å². The maximum absolute atomic E-state index is 9.03. The van der Waals surface area contributed by atoms with E-state index in [1.807, 2.05) is 14.0 Å². The van der Waals surface area contributed by atoms with Gasteiger partial charge in [0.15, 0.2) is 0 Å². The number of hydrogen-bond acceptors (Lipinski definition) is 3. The molecule has 82 valence electrons. The van der Waals surface area contributed by atoms with Gasteiger partial charge in [-0.15, -0.1) is 0 Å². The van der Waals surface area contributed by atoms with Crippen molar-refractivity contribution in [3.8, 4) is 6.07 Å². The molecule has 0 saturated carbocycles. The molecule has 14 heavy (non-hydrogen) atoms. The number of rotatable bonds is 5. The van der Waals surface area contributed by atoms with Crippen LogP contribution in [0.1, 0.15) is 34.1 Å². The molecular formula is C11H23N3. The third kappa shape index (κ3) is 3.28. The van der Waals surface area contributed by atoms with Gasteiger partial charge in [0.1, 0.15) is 5.54 Å². The summed E-state index contributed by atoms with van der Waals surface area (Å²) in [4.78, 5) is 2.23. The van der Waals surface area contributed by atoms with Crippen LogP contribution in [0.2, 0.25) is 0 Å². The summed E-state index contributed by atoms with van der Waals surface area (Å²) >= 11 is 0. The van der Waals surface area contributed by atoms with E-state index in [1.165, 1.54) is 0 Å². The van der Waals surface area contributed by atoms with Crippen molar-refractivity contribution in [1.82, 2.24) is 10.2 Å². The number of nitrogens with one attached hydrogen (secondary N) is 1. The van der Waals surface area contributed by atoms with Gasteiger partial charge in [0, 0.05) is 12.1 Å². The number of likely N-dealkylation sites (N-methyl/N-ethyl adjacent to an activating group) is 2. The minimum absolute atomic E-state index is 0.148. The summed E-state index contributed by atoms with van der Waals surface area (Å²) < 4.78 is 0. The van der Waals surface area contributed by atoms with Crippen LogP contribution in [0.5, 0.6) is 0 Å². The molecular weight excluding hydrogens is 174 g/mol. The molecule has 0 rings (SSSR count). The Morgan fingerprint density at radius 3 is 2.14 bits per heavy atom. The molecule has 0 spiro atoms. The van der Waals surface area contributed by atoms with Crippen molar-refractivity contribution in [2.24, 2.45) is 0 Å². The van der Waals surface area contributed by atoms with Gasteiger partial charge in [0.25, 0.3) is 0 Å². The summed E-state index contributed by atoms with van der Waals surface area (Å²) in [5.74, 6) is 0. The van der Waals surface area contributed by atoms with Gasteiger partial charge in [-0.25, -0.2) is 0 Å². The van der Waals surface area contributed by atoms with Gasteiger partial charge < -0.3 is 5.32 Å². The average Bonchev–Trinajstić information content (AvgIpc) is 2.17. The molecule has 0 aliphatic rings. The third-order valence-corrected chi connectivity index (χ3v) is 3.25. The first kappa shape index (κ1) is 13.4. The van der Waals surface area contributed by atoms with Gasteiger partial charge >= 0.3 is 0 Å². The highest BCUT2D eigenvalue weighted by atomic mass is 15.2. The van der Waals surface area contributed by atoms with Crippen molar-refractivity contribution >= 4 is 0 Å². The Morgan fingerprint density at radius 2 is 1.86 bits per heavy atom. The first-order chi connectivity index (χ1) is 6.31. The molecule has 1 atom stereocenters. The molecule has 1 N–H and O–H groups in total. The second-order valence-electron chi connectivity index (χ2n) is 4.72. The maximum Gasteiger partial charge on any atom is 0.116 e. The SMILES string of the molecule is CCC(C)(C)N(C)CC(C)(C#N)NC. The van der Waals surface area contributed by atoms with Gasteiger partial charge in [0.2, 0.25) is 0 Å². The van der Waals surface area contributed by atoms with Gasteiger partial charge in [-0.3, -0.25) is 4.90 Å². The zero-order valence-corrected chi connectivity index (χ0v) is 10.3. The number of nitriles is 1. The van der Waals surface area contributed by atoms with Crippen molar-refractivity contribution in [1.29, 1.82) is 5.26 Å². The predicted octanol–water partition coefficient (Wildman–Crippen LogP) is 1.61. The van der Waals surface area contributed by atoms with E-state index in [-0.39, 0.29) is 5.54 Å². The van der Waals surface area contributed by atoms with E-state index in [4.69, 9.17) is 5.26 Å². The lowest BCUT2D eigenvalue weighted by molar-refractivity contribution is 0.126. The molecule has 0 bridgehead atoms. The topological polar surface area (TPSA) is 39.1 Å². The van der Waals surface area contributed by atoms with Crippen molar-refractivity contribution < 1.29 is 0 Å². The Bertz CT molecular complexity index is 217. The zero-order valence-electron chi connectivity index (χ0n) is 10.3. The van der Waals surface area contributed by atoms with Gasteiger partial charge in [-0.1, -0.05) is 6.92 Å². The summed E-state index contributed by atoms with van der Waals surface area (Å²) in [6.45, 7) is 9.22. The molecule has 0 aromatic carbocycles. The molecule has 3 nitrogen and oxygen atoms in total. The van der Waals surface area contributed by atoms with Crippen molar-refractivity contribution in [2.75, 3.05) is 20.6 Å². The first-order valence-electron chi connectivity index (χ1n) is 5.12. The lowest BCUT2D eigenvalue weighted by atomic mass is 9.96. The summed E-state index contributed by atoms with van der Waals surface area (Å²) in [6.07, 6.45) is 1.08. The Balaban J connectivity index is 4.47. The van der Waals surface area contributed by atoms with Crippen LogP contribution in [0.3, 0.4) is 0 Å². The van der Waals surface area contributed by atoms with Crippen LogP contribution in [0.25, 0.3) is 0 Å². The monoisotopic (exact) mass is 197 g/mol. The van der Waals surface area contributed by atoms with E-state index in [9.17, 15) is 0 Å². The van der Waals surface area contributed by atoms with Gasteiger partial charge in [-0.05, 0) is 41.3 Å². The number of nitrogens with zero attached hydrogens (tertiary/aromatic N) is 2. The lowest BCUT2D eigenvalue weighted by Gasteiger charge is -2.38. The van der Waals surface area contributed by atoms with Crippen LogP contribution < -0.4 is 5.32 Å². The largest absolute Gasteiger partial charge is 0.302 e. The summed E-state index contributed by atoms with van der Waals surface area (Å²) in [7, 11) is 3.90. The van der Waals surface area contributed by atoms with Crippen LogP contribution in [-0.2, 0) is 0 Å². The molecule has 0 amide bonds. The van der Waals surface area contributed by atoms with E-state index in [0.717, 1.165) is 13.0 Å². The standard InChI is InChI=1S/C11H23N3/c1-7-10(2,3)14(6)9-11(4,8-12)13-5/h13H,7,9H2,1-6H3. The van der Waals surface area contributed by atoms with Gasteiger partial charge in [0.05, 0.1) is 6.07 Å². The fourth-order valence-corrected chi connectivity index (χ4v) is 1.13. The second-order valence-corrected chi connectivity index (χ2v) is 4.72. The van der Waals surface area contributed by atoms with Gasteiger partial charge in [-0.2, -0.15) is 5.26 Å². The molecule has 0 saturated heterocycles. The average molecular weight is 197 g/mol. The third-order valence-electron chi connectivity index (χ3n) is 3.25. The lowest BCUT2D eigenvalue weighted by Crippen LogP contribution is -2.53. The fraction of sp³-hybridized carbons (Fsp3) is 0.909. The number of hydrogen-bond donors (Lipinski definition) is 1. The Hall–Kier alpha value is -0.590. The smallest absolute Gasteiger partial charge is 0.116 e. The first-order valence-corrected chi connectivity index (χ1v) is 5.12. The molecule has 0 aromatic heterocycles. The maximum atomic E-state index is 9.03. The Labute approximate surface area is 88.1 Å². The molecule has 0 aliphatic carbocycles. The van der Waals surface area contributed by atoms with Crippen LogP contribution in [0.4, 0.5) is 0 Å². The highest BCUT2D eigenvalue weighted by Gasteiger charge is 2.29. The Kier molecular flexibility index (Phi) is 4.57. The minimum atomic E-state index is -0.457. The van der Waals surface area contributed by atoms with Crippen LogP contribution >= 0.6 is 0 Å². The molecule has 0 radical (unpaired) electrons. The van der Waals surface area contributed by atoms with Crippen LogP contribution in [-0.4, -0.2) is 36.6 Å². The van der Waals surface area contributed by atoms with Crippen LogP contribution in [0, 0.1) is 11.3 Å². The normalized spacial score (nSPS) is 16.4. The summed E-state index contributed by atoms with van der Waals surface area (Å²) in [5, 5.41) is 12.1. The molecule has 1 unspecified atom stereocenters. The van der Waals surface area contributed by atoms with Crippen molar-refractivity contribution in [3.63, 3.8) is 0 Å². The Morgan fingerprint density at radius 1 is 1.36 bits per heavy atom. The predicted molar refractivity (Wildman–Crippen MR) is 60.1 cm³/mol. The van der Waals surface area contributed by atoms with Crippen LogP contribution in [0.15, 0.2) is 0 Å². The van der Waals surface area contributed by atoms with E-state index in [2.05, 4.69) is 44.1 Å². The zero-order chi connectivity index (χ0) is 11.4. The minimum Gasteiger partial charge on any atom is -0.302 e. The molecule has 0 fully saturated rings. The van der Waals surface area contributed by atoms with Crippen molar-refractivity contribution in [3.05, 3.63) is 0 Å². The second kappa shape index (κ2) is 4.77. The van der Waals surface area contributed by atoms with E-state index in [0.29, 0.717) is 0 Å². The highest BCUT2D eigenvalue weighted by molar-refractivity contribution is 5.05. The highest BCUT2D eigenvalue weighted by Crippen LogP contribution is 2.18. The molecule has 3 heteroatoms.